The number of anilines is 1. The van der Waals surface area contributed by atoms with Crippen molar-refractivity contribution < 1.29 is 13.2 Å². The third-order valence-electron chi connectivity index (χ3n) is 3.37. The summed E-state index contributed by atoms with van der Waals surface area (Å²) in [6.07, 6.45) is 1.11. The number of amides is 1. The number of nitrogens with one attached hydrogen (secondary N) is 1. The van der Waals surface area contributed by atoms with Gasteiger partial charge in [-0.3, -0.25) is 10.1 Å². The molecule has 3 rings (SSSR count). The van der Waals surface area contributed by atoms with Crippen molar-refractivity contribution in [2.45, 2.75) is 11.8 Å². The minimum absolute atomic E-state index is 0.116. The normalized spacial score (nSPS) is 11.6. The summed E-state index contributed by atoms with van der Waals surface area (Å²) in [5.41, 5.74) is 2.18. The molecule has 0 radical (unpaired) electrons. The SMILES string of the molecule is Cc1cccc2sc(NC(=O)c3cccc(S(C)(=O)=O)c3)nc12. The molecule has 1 aromatic heterocycles. The van der Waals surface area contributed by atoms with Crippen LogP contribution in [0.5, 0.6) is 0 Å². The van der Waals surface area contributed by atoms with E-state index in [1.165, 1.54) is 23.5 Å². The predicted octanol–water partition coefficient (Wildman–Crippen LogP) is 3.26. The molecule has 0 aliphatic heterocycles. The molecular formula is C16H14N2O3S2. The van der Waals surface area contributed by atoms with Gasteiger partial charge in [0.1, 0.15) is 0 Å². The number of hydrogen-bond donors (Lipinski definition) is 1. The van der Waals surface area contributed by atoms with Crippen LogP contribution in [0, 0.1) is 6.92 Å². The highest BCUT2D eigenvalue weighted by Gasteiger charge is 2.14. The second kappa shape index (κ2) is 5.75. The highest BCUT2D eigenvalue weighted by atomic mass is 32.2. The first kappa shape index (κ1) is 15.6. The maximum Gasteiger partial charge on any atom is 0.257 e. The van der Waals surface area contributed by atoms with Crippen LogP contribution in [-0.2, 0) is 9.84 Å². The van der Waals surface area contributed by atoms with E-state index < -0.39 is 9.84 Å². The van der Waals surface area contributed by atoms with Crippen LogP contribution in [0.1, 0.15) is 15.9 Å². The van der Waals surface area contributed by atoms with Gasteiger partial charge in [-0.1, -0.05) is 29.5 Å². The number of hydrogen-bond acceptors (Lipinski definition) is 5. The molecule has 1 N–H and O–H groups in total. The lowest BCUT2D eigenvalue weighted by Crippen LogP contribution is -2.12. The van der Waals surface area contributed by atoms with Gasteiger partial charge in [-0.05, 0) is 36.8 Å². The van der Waals surface area contributed by atoms with Gasteiger partial charge in [0.2, 0.25) is 0 Å². The molecule has 0 saturated carbocycles. The molecule has 0 aliphatic carbocycles. The Balaban J connectivity index is 1.90. The third kappa shape index (κ3) is 3.25. The Morgan fingerprint density at radius 2 is 1.91 bits per heavy atom. The molecular weight excluding hydrogens is 332 g/mol. The first-order valence-corrected chi connectivity index (χ1v) is 9.53. The van der Waals surface area contributed by atoms with Crippen molar-refractivity contribution in [3.63, 3.8) is 0 Å². The summed E-state index contributed by atoms with van der Waals surface area (Å²) >= 11 is 1.38. The van der Waals surface area contributed by atoms with Gasteiger partial charge >= 0.3 is 0 Å². The number of para-hydroxylation sites is 1. The molecule has 0 fully saturated rings. The van der Waals surface area contributed by atoms with Crippen LogP contribution >= 0.6 is 11.3 Å². The molecule has 0 bridgehead atoms. The van der Waals surface area contributed by atoms with Gasteiger partial charge in [0.25, 0.3) is 5.91 Å². The van der Waals surface area contributed by atoms with E-state index in [1.807, 2.05) is 25.1 Å². The average Bonchev–Trinajstić information content (AvgIpc) is 2.90. The zero-order valence-corrected chi connectivity index (χ0v) is 14.2. The van der Waals surface area contributed by atoms with Crippen molar-refractivity contribution in [3.05, 3.63) is 53.6 Å². The Morgan fingerprint density at radius 1 is 1.17 bits per heavy atom. The fraction of sp³-hybridized carbons (Fsp3) is 0.125. The van der Waals surface area contributed by atoms with Crippen molar-refractivity contribution in [1.29, 1.82) is 0 Å². The average molecular weight is 346 g/mol. The lowest BCUT2D eigenvalue weighted by Gasteiger charge is -2.03. The fourth-order valence-electron chi connectivity index (χ4n) is 2.18. The van der Waals surface area contributed by atoms with E-state index in [0.29, 0.717) is 5.13 Å². The molecule has 0 unspecified atom stereocenters. The monoisotopic (exact) mass is 346 g/mol. The van der Waals surface area contributed by atoms with E-state index in [9.17, 15) is 13.2 Å². The second-order valence-electron chi connectivity index (χ2n) is 5.19. The Kier molecular flexibility index (Phi) is 3.91. The van der Waals surface area contributed by atoms with E-state index in [0.717, 1.165) is 22.0 Å². The number of thiazole rings is 1. The van der Waals surface area contributed by atoms with Crippen LogP contribution in [0.2, 0.25) is 0 Å². The molecule has 0 saturated heterocycles. The Labute approximate surface area is 137 Å². The van der Waals surface area contributed by atoms with Gasteiger partial charge in [-0.2, -0.15) is 0 Å². The summed E-state index contributed by atoms with van der Waals surface area (Å²) in [5.74, 6) is -0.382. The molecule has 118 valence electrons. The quantitative estimate of drug-likeness (QED) is 0.790. The molecule has 5 nitrogen and oxygen atoms in total. The van der Waals surface area contributed by atoms with Gasteiger partial charge < -0.3 is 0 Å². The maximum atomic E-state index is 12.3. The zero-order valence-electron chi connectivity index (χ0n) is 12.5. The van der Waals surface area contributed by atoms with Crippen molar-refractivity contribution in [2.24, 2.45) is 0 Å². The summed E-state index contributed by atoms with van der Waals surface area (Å²) in [4.78, 5) is 16.8. The topological polar surface area (TPSA) is 76.1 Å². The first-order valence-electron chi connectivity index (χ1n) is 6.82. The van der Waals surface area contributed by atoms with Gasteiger partial charge in [0.05, 0.1) is 15.1 Å². The number of carbonyl (C=O) groups excluding carboxylic acids is 1. The molecule has 3 aromatic rings. The Morgan fingerprint density at radius 3 is 2.61 bits per heavy atom. The van der Waals surface area contributed by atoms with E-state index in [2.05, 4.69) is 10.3 Å². The number of carbonyl (C=O) groups is 1. The van der Waals surface area contributed by atoms with E-state index >= 15 is 0 Å². The number of sulfone groups is 1. The number of nitrogens with zero attached hydrogens (tertiary/aromatic N) is 1. The Hall–Kier alpha value is -2.25. The van der Waals surface area contributed by atoms with E-state index in [-0.39, 0.29) is 16.4 Å². The molecule has 0 atom stereocenters. The standard InChI is InChI=1S/C16H14N2O3S2/c1-10-5-3-8-13-14(10)17-16(22-13)18-15(19)11-6-4-7-12(9-11)23(2,20)21/h3-9H,1-2H3,(H,17,18,19). The van der Waals surface area contributed by atoms with Crippen molar-refractivity contribution in [1.82, 2.24) is 4.98 Å². The number of aryl methyl sites for hydroxylation is 1. The van der Waals surface area contributed by atoms with Gasteiger partial charge in [0.15, 0.2) is 15.0 Å². The van der Waals surface area contributed by atoms with Gasteiger partial charge in [0, 0.05) is 11.8 Å². The van der Waals surface area contributed by atoms with Crippen molar-refractivity contribution in [2.75, 3.05) is 11.6 Å². The number of rotatable bonds is 3. The molecule has 2 aromatic carbocycles. The summed E-state index contributed by atoms with van der Waals surface area (Å²) in [7, 11) is -3.35. The zero-order chi connectivity index (χ0) is 16.6. The summed E-state index contributed by atoms with van der Waals surface area (Å²) in [5, 5.41) is 3.22. The van der Waals surface area contributed by atoms with Crippen LogP contribution in [0.25, 0.3) is 10.2 Å². The van der Waals surface area contributed by atoms with Crippen LogP contribution in [0.4, 0.5) is 5.13 Å². The highest BCUT2D eigenvalue weighted by molar-refractivity contribution is 7.90. The fourth-order valence-corrected chi connectivity index (χ4v) is 3.78. The van der Waals surface area contributed by atoms with Gasteiger partial charge in [-0.25, -0.2) is 13.4 Å². The minimum atomic E-state index is -3.35. The van der Waals surface area contributed by atoms with Gasteiger partial charge in [-0.15, -0.1) is 0 Å². The van der Waals surface area contributed by atoms with Crippen LogP contribution in [-0.4, -0.2) is 25.6 Å². The Bertz CT molecular complexity index is 1010. The van der Waals surface area contributed by atoms with E-state index in [1.54, 1.807) is 12.1 Å². The molecule has 7 heteroatoms. The summed E-state index contributed by atoms with van der Waals surface area (Å²) < 4.78 is 24.1. The highest BCUT2D eigenvalue weighted by Crippen LogP contribution is 2.28. The minimum Gasteiger partial charge on any atom is -0.298 e. The first-order chi connectivity index (χ1) is 10.8. The molecule has 0 spiro atoms. The molecule has 0 aliphatic rings. The van der Waals surface area contributed by atoms with E-state index in [4.69, 9.17) is 0 Å². The van der Waals surface area contributed by atoms with Crippen LogP contribution < -0.4 is 5.32 Å². The number of fused-ring (bicyclic) bond motifs is 1. The van der Waals surface area contributed by atoms with Crippen molar-refractivity contribution in [3.8, 4) is 0 Å². The summed E-state index contributed by atoms with van der Waals surface area (Å²) in [6, 6.07) is 11.8. The maximum absolute atomic E-state index is 12.3. The predicted molar refractivity (Wildman–Crippen MR) is 91.9 cm³/mol. The largest absolute Gasteiger partial charge is 0.298 e. The van der Waals surface area contributed by atoms with Crippen LogP contribution in [0.3, 0.4) is 0 Å². The van der Waals surface area contributed by atoms with Crippen molar-refractivity contribution >= 4 is 42.4 Å². The third-order valence-corrected chi connectivity index (χ3v) is 5.41. The summed E-state index contributed by atoms with van der Waals surface area (Å²) in [6.45, 7) is 1.96. The second-order valence-corrected chi connectivity index (χ2v) is 8.24. The molecule has 23 heavy (non-hydrogen) atoms. The number of aromatic nitrogens is 1. The smallest absolute Gasteiger partial charge is 0.257 e. The molecule has 1 heterocycles. The number of benzene rings is 2. The molecule has 1 amide bonds. The lowest BCUT2D eigenvalue weighted by atomic mass is 10.2. The van der Waals surface area contributed by atoms with Crippen LogP contribution in [0.15, 0.2) is 47.4 Å². The lowest BCUT2D eigenvalue weighted by molar-refractivity contribution is 0.102.